The normalized spacial score (nSPS) is 10.2. The summed E-state index contributed by atoms with van der Waals surface area (Å²) in [6.07, 6.45) is 1.51. The van der Waals surface area contributed by atoms with E-state index >= 15 is 0 Å². The zero-order chi connectivity index (χ0) is 9.19. The molecule has 0 aliphatic heterocycles. The Morgan fingerprint density at radius 2 is 2.00 bits per heavy atom. The molecule has 0 saturated carbocycles. The van der Waals surface area contributed by atoms with Gasteiger partial charge in [0.05, 0.1) is 4.90 Å². The van der Waals surface area contributed by atoms with E-state index in [4.69, 9.17) is 4.55 Å². The minimum Gasteiger partial charge on any atom is -0.282 e. The van der Waals surface area contributed by atoms with Crippen LogP contribution in [-0.4, -0.2) is 42.5 Å². The van der Waals surface area contributed by atoms with Crippen molar-refractivity contribution in [2.45, 2.75) is 4.90 Å². The molecule has 1 radical (unpaired) electrons. The molecule has 0 amide bonds. The summed E-state index contributed by atoms with van der Waals surface area (Å²) < 4.78 is 29.9. The molecule has 0 heterocycles. The molecule has 1 N–H and O–H groups in total. The second-order valence-corrected chi connectivity index (χ2v) is 3.67. The smallest absolute Gasteiger partial charge is 0.282 e. The fraction of sp³-hybridized carbons (Fsp3) is 0. The summed E-state index contributed by atoms with van der Waals surface area (Å²) in [6, 6.07) is 5.91. The van der Waals surface area contributed by atoms with Crippen molar-refractivity contribution < 1.29 is 13.0 Å². The van der Waals surface area contributed by atoms with Gasteiger partial charge in [-0.25, -0.2) is 0 Å². The molecule has 65 valence electrons. The molecule has 0 saturated heterocycles. The van der Waals surface area contributed by atoms with Gasteiger partial charge in [-0.05, 0) is 17.7 Å². The van der Waals surface area contributed by atoms with Crippen molar-refractivity contribution in [1.82, 2.24) is 0 Å². The molecule has 0 atom stereocenters. The Hall–Kier alpha value is -0.130. The summed E-state index contributed by atoms with van der Waals surface area (Å²) in [5.74, 6) is 0. The molecule has 0 bridgehead atoms. The third kappa shape index (κ3) is 3.62. The Kier molecular flexibility index (Phi) is 4.88. The van der Waals surface area contributed by atoms with Gasteiger partial charge in [-0.3, -0.25) is 4.55 Å². The maximum absolute atomic E-state index is 10.6. The van der Waals surface area contributed by atoms with Crippen molar-refractivity contribution >= 4 is 45.8 Å². The van der Waals surface area contributed by atoms with Crippen LogP contribution in [0.4, 0.5) is 0 Å². The number of hydrogen-bond donors (Lipinski definition) is 1. The summed E-state index contributed by atoms with van der Waals surface area (Å²) in [6.45, 7) is 3.48. The predicted octanol–water partition coefficient (Wildman–Crippen LogP) is 1.20. The molecule has 3 nitrogen and oxygen atoms in total. The summed E-state index contributed by atoms with van der Waals surface area (Å²) in [5, 5.41) is 0. The number of benzene rings is 1. The fourth-order valence-corrected chi connectivity index (χ4v) is 1.34. The van der Waals surface area contributed by atoms with Crippen LogP contribution in [0.5, 0.6) is 0 Å². The van der Waals surface area contributed by atoms with Gasteiger partial charge in [0.15, 0.2) is 0 Å². The summed E-state index contributed by atoms with van der Waals surface area (Å²) in [7, 11) is -4.08. The van der Waals surface area contributed by atoms with E-state index in [0.717, 1.165) is 0 Å². The van der Waals surface area contributed by atoms with E-state index in [-0.39, 0.29) is 34.5 Å². The average Bonchev–Trinajstić information content (AvgIpc) is 2.03. The monoisotopic (exact) mass is 207 g/mol. The van der Waals surface area contributed by atoms with Crippen molar-refractivity contribution in [3.63, 3.8) is 0 Å². The second-order valence-electron chi connectivity index (χ2n) is 2.25. The van der Waals surface area contributed by atoms with E-state index in [2.05, 4.69) is 6.58 Å². The van der Waals surface area contributed by atoms with E-state index in [1.165, 1.54) is 18.2 Å². The first-order chi connectivity index (χ1) is 5.54. The quantitative estimate of drug-likeness (QED) is 0.585. The number of rotatable bonds is 2. The van der Waals surface area contributed by atoms with Crippen LogP contribution >= 0.6 is 0 Å². The summed E-state index contributed by atoms with van der Waals surface area (Å²) in [4.78, 5) is -0.111. The molecule has 13 heavy (non-hydrogen) atoms. The van der Waals surface area contributed by atoms with Gasteiger partial charge < -0.3 is 0 Å². The zero-order valence-corrected chi connectivity index (χ0v) is 10.1. The van der Waals surface area contributed by atoms with Crippen molar-refractivity contribution in [1.29, 1.82) is 0 Å². The molecule has 1 aromatic rings. The third-order valence-electron chi connectivity index (χ3n) is 1.39. The molecule has 1 rings (SSSR count). The first-order valence-corrected chi connectivity index (χ1v) is 4.68. The maximum Gasteiger partial charge on any atom is 0.294 e. The Balaban J connectivity index is 0.00000144. The van der Waals surface area contributed by atoms with Crippen LogP contribution in [0, 0.1) is 0 Å². The standard InChI is InChI=1S/C8H8O3S.Na/c1-2-7-4-3-5-8(6-7)12(9,10)11;/h2-6H,1H2,(H,9,10,11);. The number of hydrogen-bond acceptors (Lipinski definition) is 2. The molecular weight excluding hydrogens is 199 g/mol. The van der Waals surface area contributed by atoms with E-state index in [9.17, 15) is 8.42 Å². The molecule has 0 unspecified atom stereocenters. The third-order valence-corrected chi connectivity index (χ3v) is 2.24. The molecular formula is C8H8NaO3S. The predicted molar refractivity (Wildman–Crippen MR) is 52.1 cm³/mol. The maximum atomic E-state index is 10.6. The van der Waals surface area contributed by atoms with Crippen LogP contribution in [0.25, 0.3) is 6.08 Å². The van der Waals surface area contributed by atoms with E-state index in [1.54, 1.807) is 12.1 Å². The van der Waals surface area contributed by atoms with Gasteiger partial charge in [0.1, 0.15) is 0 Å². The van der Waals surface area contributed by atoms with Gasteiger partial charge in [-0.2, -0.15) is 8.42 Å². The molecule has 0 aliphatic carbocycles. The summed E-state index contributed by atoms with van der Waals surface area (Å²) in [5.41, 5.74) is 0.658. The van der Waals surface area contributed by atoms with Crippen LogP contribution < -0.4 is 0 Å². The van der Waals surface area contributed by atoms with Crippen LogP contribution in [0.15, 0.2) is 35.7 Å². The minimum absolute atomic E-state index is 0. The van der Waals surface area contributed by atoms with E-state index in [1.807, 2.05) is 0 Å². The van der Waals surface area contributed by atoms with Gasteiger partial charge in [0.2, 0.25) is 0 Å². The van der Waals surface area contributed by atoms with Gasteiger partial charge in [0, 0.05) is 29.6 Å². The van der Waals surface area contributed by atoms with Crippen molar-refractivity contribution in [2.24, 2.45) is 0 Å². The first-order valence-electron chi connectivity index (χ1n) is 3.24. The SMILES string of the molecule is C=Cc1cccc(S(=O)(=O)O)c1.[Na]. The van der Waals surface area contributed by atoms with Crippen LogP contribution in [0.2, 0.25) is 0 Å². The van der Waals surface area contributed by atoms with Crippen LogP contribution in [0.3, 0.4) is 0 Å². The van der Waals surface area contributed by atoms with Crippen LogP contribution in [0.1, 0.15) is 5.56 Å². The van der Waals surface area contributed by atoms with Gasteiger partial charge >= 0.3 is 0 Å². The topological polar surface area (TPSA) is 54.4 Å². The van der Waals surface area contributed by atoms with E-state index < -0.39 is 10.1 Å². The second kappa shape index (κ2) is 4.93. The Morgan fingerprint density at radius 1 is 1.38 bits per heavy atom. The zero-order valence-electron chi connectivity index (χ0n) is 7.27. The van der Waals surface area contributed by atoms with Crippen molar-refractivity contribution in [3.05, 3.63) is 36.4 Å². The van der Waals surface area contributed by atoms with Gasteiger partial charge in [-0.15, -0.1) is 0 Å². The molecule has 0 spiro atoms. The van der Waals surface area contributed by atoms with Gasteiger partial charge in [-0.1, -0.05) is 24.8 Å². The molecule has 5 heteroatoms. The molecule has 0 aliphatic rings. The minimum atomic E-state index is -4.08. The van der Waals surface area contributed by atoms with Crippen LogP contribution in [-0.2, 0) is 10.1 Å². The Bertz CT molecular complexity index is 398. The summed E-state index contributed by atoms with van der Waals surface area (Å²) >= 11 is 0. The molecule has 0 aromatic heterocycles. The van der Waals surface area contributed by atoms with Gasteiger partial charge in [0.25, 0.3) is 10.1 Å². The molecule has 1 aromatic carbocycles. The Labute approximate surface area is 99.5 Å². The van der Waals surface area contributed by atoms with Crippen molar-refractivity contribution in [2.75, 3.05) is 0 Å². The Morgan fingerprint density at radius 3 is 2.46 bits per heavy atom. The van der Waals surface area contributed by atoms with Crippen molar-refractivity contribution in [3.8, 4) is 0 Å². The fourth-order valence-electron chi connectivity index (χ4n) is 0.802. The molecule has 0 fully saturated rings. The largest absolute Gasteiger partial charge is 0.294 e. The average molecular weight is 207 g/mol. The van der Waals surface area contributed by atoms with E-state index in [0.29, 0.717) is 5.56 Å². The first kappa shape index (κ1) is 12.9.